The molecule has 8 heteroatoms. The third kappa shape index (κ3) is 10.8. The van der Waals surface area contributed by atoms with Crippen LogP contribution in [0.15, 0.2) is 171 Å². The summed E-state index contributed by atoms with van der Waals surface area (Å²) in [6, 6.07) is 50.0. The molecule has 0 aliphatic carbocycles. The van der Waals surface area contributed by atoms with Crippen LogP contribution in [0.4, 0.5) is 34.1 Å². The zero-order chi connectivity index (χ0) is 40.0. The number of nitrogens with zero attached hydrogens (tertiary/aromatic N) is 2. The lowest BCUT2D eigenvalue weighted by Crippen LogP contribution is -2.11. The number of carbonyl (C=O) groups excluding carboxylic acids is 2. The molecule has 0 saturated heterocycles. The summed E-state index contributed by atoms with van der Waals surface area (Å²) < 4.78 is 21.7. The van der Waals surface area contributed by atoms with Gasteiger partial charge in [-0.15, -0.1) is 0 Å². The lowest BCUT2D eigenvalue weighted by molar-refractivity contribution is -0.139. The molecule has 288 valence electrons. The van der Waals surface area contributed by atoms with Gasteiger partial charge in [-0.2, -0.15) is 0 Å². The fourth-order valence-electron chi connectivity index (χ4n) is 6.11. The van der Waals surface area contributed by atoms with Gasteiger partial charge in [-0.1, -0.05) is 72.8 Å². The second-order valence-electron chi connectivity index (χ2n) is 13.2. The molecular weight excluding hydrogens is 713 g/mol. The molecule has 8 nitrogen and oxygen atoms in total. The van der Waals surface area contributed by atoms with E-state index in [0.29, 0.717) is 18.8 Å². The molecule has 0 radical (unpaired) electrons. The van der Waals surface area contributed by atoms with Crippen molar-refractivity contribution >= 4 is 46.1 Å². The summed E-state index contributed by atoms with van der Waals surface area (Å²) in [5.74, 6) is 0.517. The molecule has 6 aromatic carbocycles. The molecule has 6 aromatic rings. The number of hydrogen-bond donors (Lipinski definition) is 0. The Morgan fingerprint density at radius 1 is 0.439 bits per heavy atom. The minimum atomic E-state index is -0.472. The molecule has 0 atom stereocenters. The summed E-state index contributed by atoms with van der Waals surface area (Å²) in [7, 11) is 0. The van der Waals surface area contributed by atoms with Crippen LogP contribution < -0.4 is 19.3 Å². The van der Waals surface area contributed by atoms with Crippen molar-refractivity contribution in [3.63, 3.8) is 0 Å². The van der Waals surface area contributed by atoms with E-state index in [4.69, 9.17) is 18.9 Å². The van der Waals surface area contributed by atoms with Gasteiger partial charge in [0, 0.05) is 52.7 Å². The summed E-state index contributed by atoms with van der Waals surface area (Å²) >= 11 is 0. The Morgan fingerprint density at radius 2 is 0.754 bits per heavy atom. The van der Waals surface area contributed by atoms with E-state index >= 15 is 0 Å². The van der Waals surface area contributed by atoms with E-state index in [9.17, 15) is 9.59 Å². The van der Waals surface area contributed by atoms with Crippen LogP contribution in [0.2, 0.25) is 0 Å². The first-order chi connectivity index (χ1) is 27.8. The van der Waals surface area contributed by atoms with E-state index in [-0.39, 0.29) is 19.8 Å². The van der Waals surface area contributed by atoms with Gasteiger partial charge in [0.2, 0.25) is 0 Å². The third-order valence-corrected chi connectivity index (χ3v) is 9.09. The Bertz CT molecular complexity index is 2230. The topological polar surface area (TPSA) is 77.5 Å². The van der Waals surface area contributed by atoms with Gasteiger partial charge in [0.25, 0.3) is 0 Å². The molecular formula is C49H46N2O6. The molecule has 0 fully saturated rings. The molecule has 0 amide bonds. The second kappa shape index (κ2) is 19.5. The van der Waals surface area contributed by atoms with Crippen molar-refractivity contribution in [2.45, 2.75) is 20.3 Å². The zero-order valence-electron chi connectivity index (χ0n) is 32.3. The highest BCUT2D eigenvalue weighted by molar-refractivity contribution is 5.82. The Morgan fingerprint density at radius 3 is 1.12 bits per heavy atom. The van der Waals surface area contributed by atoms with E-state index < -0.39 is 11.9 Å². The van der Waals surface area contributed by atoms with Gasteiger partial charge in [-0.25, -0.2) is 9.59 Å². The fourth-order valence-corrected chi connectivity index (χ4v) is 6.11. The summed E-state index contributed by atoms with van der Waals surface area (Å²) in [4.78, 5) is 27.0. The predicted molar refractivity (Wildman–Crippen MR) is 229 cm³/mol. The van der Waals surface area contributed by atoms with Crippen LogP contribution in [-0.2, 0) is 19.1 Å². The number of esters is 2. The smallest absolute Gasteiger partial charge is 0.330 e. The maximum absolute atomic E-state index is 11.3. The summed E-state index contributed by atoms with van der Waals surface area (Å²) in [5.41, 5.74) is 10.6. The minimum absolute atomic E-state index is 0.146. The van der Waals surface area contributed by atoms with Crippen LogP contribution >= 0.6 is 0 Å². The van der Waals surface area contributed by atoms with Crippen LogP contribution in [0.25, 0.3) is 11.1 Å². The molecule has 0 aromatic heterocycles. The molecule has 0 N–H and O–H groups in total. The normalized spacial score (nSPS) is 10.6. The monoisotopic (exact) mass is 758 g/mol. The van der Waals surface area contributed by atoms with Gasteiger partial charge in [-0.3, -0.25) is 0 Å². The van der Waals surface area contributed by atoms with Crippen LogP contribution in [0.1, 0.15) is 17.5 Å². The Balaban J connectivity index is 1.19. The Labute approximate surface area is 334 Å². The van der Waals surface area contributed by atoms with Crippen LogP contribution in [0.3, 0.4) is 0 Å². The molecule has 57 heavy (non-hydrogen) atoms. The van der Waals surface area contributed by atoms with Crippen molar-refractivity contribution in [3.05, 3.63) is 182 Å². The van der Waals surface area contributed by atoms with E-state index in [1.54, 1.807) is 0 Å². The van der Waals surface area contributed by atoms with Gasteiger partial charge < -0.3 is 28.7 Å². The zero-order valence-corrected chi connectivity index (χ0v) is 32.3. The standard InChI is InChI=1S/C49H46N2O6/c1-5-48(52)56-33-7-32-54-46-28-24-44(25-29-46)50(40-16-8-36(3)9-17-40)42-20-12-38(13-21-42)39-14-22-43(23-15-39)51(41-18-10-37(4)11-19-41)45-26-30-47(31-27-45)55-34-35-57-49(53)6-2/h5-6,8-31H,1-2,7,32-35H2,3-4H3. The quantitative estimate of drug-likeness (QED) is 0.0487. The first-order valence-corrected chi connectivity index (χ1v) is 18.8. The summed E-state index contributed by atoms with van der Waals surface area (Å²) in [5, 5.41) is 0. The molecule has 0 aliphatic rings. The highest BCUT2D eigenvalue weighted by atomic mass is 16.6. The van der Waals surface area contributed by atoms with Crippen molar-refractivity contribution < 1.29 is 28.5 Å². The minimum Gasteiger partial charge on any atom is -0.493 e. The molecule has 0 spiro atoms. The van der Waals surface area contributed by atoms with Crippen molar-refractivity contribution in [1.82, 2.24) is 0 Å². The molecule has 0 saturated carbocycles. The van der Waals surface area contributed by atoms with Crippen LogP contribution in [0, 0.1) is 13.8 Å². The third-order valence-electron chi connectivity index (χ3n) is 9.09. The van der Waals surface area contributed by atoms with Gasteiger partial charge in [0.05, 0.1) is 13.2 Å². The summed E-state index contributed by atoms with van der Waals surface area (Å²) in [6.45, 7) is 12.1. The highest BCUT2D eigenvalue weighted by Gasteiger charge is 2.15. The van der Waals surface area contributed by atoms with E-state index in [2.05, 4.69) is 134 Å². The average Bonchev–Trinajstić information content (AvgIpc) is 3.25. The van der Waals surface area contributed by atoms with Crippen LogP contribution in [0.5, 0.6) is 11.5 Å². The van der Waals surface area contributed by atoms with Crippen molar-refractivity contribution in [2.24, 2.45) is 0 Å². The van der Waals surface area contributed by atoms with Gasteiger partial charge >= 0.3 is 11.9 Å². The lowest BCUT2D eigenvalue weighted by Gasteiger charge is -2.26. The van der Waals surface area contributed by atoms with E-state index in [1.165, 1.54) is 11.1 Å². The number of rotatable bonds is 18. The van der Waals surface area contributed by atoms with E-state index in [0.717, 1.165) is 63.2 Å². The molecule has 6 rings (SSSR count). The predicted octanol–water partition coefficient (Wildman–Crippen LogP) is 11.5. The largest absolute Gasteiger partial charge is 0.493 e. The van der Waals surface area contributed by atoms with Gasteiger partial charge in [0.1, 0.15) is 24.7 Å². The van der Waals surface area contributed by atoms with Crippen molar-refractivity contribution in [3.8, 4) is 22.6 Å². The SMILES string of the molecule is C=CC(=O)OCCCOc1ccc(N(c2ccc(C)cc2)c2ccc(-c3ccc(N(c4ccc(C)cc4)c4ccc(OCCOC(=O)C=C)cc4)cc3)cc2)cc1. The number of aryl methyl sites for hydroxylation is 2. The number of anilines is 6. The maximum atomic E-state index is 11.3. The number of hydrogen-bond acceptors (Lipinski definition) is 8. The van der Waals surface area contributed by atoms with Crippen LogP contribution in [-0.4, -0.2) is 38.4 Å². The summed E-state index contributed by atoms with van der Waals surface area (Å²) in [6.07, 6.45) is 2.88. The molecule has 0 bridgehead atoms. The fraction of sp³-hybridized carbons (Fsp3) is 0.143. The van der Waals surface area contributed by atoms with Gasteiger partial charge in [-0.05, 0) is 122 Å². The Kier molecular flexibility index (Phi) is 13.6. The lowest BCUT2D eigenvalue weighted by atomic mass is 10.0. The number of ether oxygens (including phenoxy) is 4. The van der Waals surface area contributed by atoms with E-state index in [1.807, 2.05) is 48.5 Å². The number of benzene rings is 6. The van der Waals surface area contributed by atoms with Crippen molar-refractivity contribution in [2.75, 3.05) is 36.2 Å². The number of carbonyl (C=O) groups is 2. The first-order valence-electron chi connectivity index (χ1n) is 18.8. The Hall–Kier alpha value is -7.06. The highest BCUT2D eigenvalue weighted by Crippen LogP contribution is 2.39. The average molecular weight is 759 g/mol. The molecule has 0 aliphatic heterocycles. The maximum Gasteiger partial charge on any atom is 0.330 e. The van der Waals surface area contributed by atoms with Crippen molar-refractivity contribution in [1.29, 1.82) is 0 Å². The molecule has 0 heterocycles. The first kappa shape index (κ1) is 39.6. The molecule has 0 unspecified atom stereocenters. The second-order valence-corrected chi connectivity index (χ2v) is 13.2. The van der Waals surface area contributed by atoms with Gasteiger partial charge in [0.15, 0.2) is 0 Å².